The summed E-state index contributed by atoms with van der Waals surface area (Å²) >= 11 is 1.27. The lowest BCUT2D eigenvalue weighted by Crippen LogP contribution is -2.45. The van der Waals surface area contributed by atoms with Crippen LogP contribution in [0.2, 0.25) is 0 Å². The predicted molar refractivity (Wildman–Crippen MR) is 123 cm³/mol. The first-order chi connectivity index (χ1) is 15.4. The minimum absolute atomic E-state index is 0.225. The van der Waals surface area contributed by atoms with Crippen LogP contribution in [0, 0.1) is 5.82 Å². The van der Waals surface area contributed by atoms with Crippen molar-refractivity contribution in [3.8, 4) is 5.75 Å². The number of nitrogens with zero attached hydrogens (tertiary/aromatic N) is 4. The second-order valence-corrected chi connectivity index (χ2v) is 9.29. The van der Waals surface area contributed by atoms with Gasteiger partial charge >= 0.3 is 6.09 Å². The van der Waals surface area contributed by atoms with Gasteiger partial charge in [-0.25, -0.2) is 9.18 Å². The van der Waals surface area contributed by atoms with Gasteiger partial charge in [0, 0.05) is 50.9 Å². The number of hydrogen-bond donors (Lipinski definition) is 1. The Hall–Kier alpha value is -2.43. The molecule has 0 bridgehead atoms. The van der Waals surface area contributed by atoms with E-state index in [9.17, 15) is 14.0 Å². The molecule has 8 nitrogen and oxygen atoms in total. The van der Waals surface area contributed by atoms with Gasteiger partial charge in [-0.1, -0.05) is 0 Å². The van der Waals surface area contributed by atoms with E-state index in [0.717, 1.165) is 39.0 Å². The summed E-state index contributed by atoms with van der Waals surface area (Å²) in [4.78, 5) is 35.6. The number of amides is 2. The maximum absolute atomic E-state index is 14.0. The number of aliphatic imine (C=N–C) groups is 1. The van der Waals surface area contributed by atoms with Crippen molar-refractivity contribution in [1.29, 1.82) is 0 Å². The van der Waals surface area contributed by atoms with Crippen LogP contribution in [-0.2, 0) is 4.79 Å². The Morgan fingerprint density at radius 1 is 1.25 bits per heavy atom. The lowest BCUT2D eigenvalue weighted by Gasteiger charge is -2.34. The fourth-order valence-corrected chi connectivity index (χ4v) is 4.93. The topological polar surface area (TPSA) is 77.5 Å². The summed E-state index contributed by atoms with van der Waals surface area (Å²) in [6.45, 7) is 4.44. The standard InChI is InChI=1S/C22H28FN5O3S/c1-26(2)17-5-9-28(10-6-17)22(30)31-18-4-3-16(23)13-15(18)14-19-20(29)25-21(32-19)27-11-7-24-8-12-27/h3-4,13-14,17,24H,5-12H2,1-2H3/b19-14-. The van der Waals surface area contributed by atoms with Crippen molar-refractivity contribution in [2.24, 2.45) is 4.99 Å². The molecule has 0 saturated carbocycles. The molecule has 0 radical (unpaired) electrons. The molecule has 172 valence electrons. The molecule has 0 aliphatic carbocycles. The van der Waals surface area contributed by atoms with Gasteiger partial charge in [0.1, 0.15) is 11.6 Å². The highest BCUT2D eigenvalue weighted by atomic mass is 32.2. The summed E-state index contributed by atoms with van der Waals surface area (Å²) in [7, 11) is 4.08. The molecule has 2 saturated heterocycles. The summed E-state index contributed by atoms with van der Waals surface area (Å²) in [5.41, 5.74) is 0.342. The van der Waals surface area contributed by atoms with E-state index in [1.54, 1.807) is 11.0 Å². The molecule has 0 aromatic heterocycles. The smallest absolute Gasteiger partial charge is 0.410 e. The van der Waals surface area contributed by atoms with Crippen molar-refractivity contribution < 1.29 is 18.7 Å². The molecule has 1 aromatic carbocycles. The first kappa shape index (κ1) is 22.8. The third kappa shape index (κ3) is 5.31. The number of thioether (sulfide) groups is 1. The van der Waals surface area contributed by atoms with E-state index in [0.29, 0.717) is 34.8 Å². The second-order valence-electron chi connectivity index (χ2n) is 8.28. The highest BCUT2D eigenvalue weighted by molar-refractivity contribution is 8.18. The predicted octanol–water partition coefficient (Wildman–Crippen LogP) is 2.23. The van der Waals surface area contributed by atoms with Gasteiger partial charge in [-0.2, -0.15) is 4.99 Å². The van der Waals surface area contributed by atoms with E-state index < -0.39 is 11.9 Å². The number of carbonyl (C=O) groups excluding carboxylic acids is 2. The minimum atomic E-state index is -0.470. The Labute approximate surface area is 191 Å². The lowest BCUT2D eigenvalue weighted by molar-refractivity contribution is -0.113. The molecular weight excluding hydrogens is 433 g/mol. The molecule has 3 aliphatic rings. The van der Waals surface area contributed by atoms with E-state index in [-0.39, 0.29) is 11.7 Å². The first-order valence-electron chi connectivity index (χ1n) is 10.8. The van der Waals surface area contributed by atoms with Crippen LogP contribution >= 0.6 is 11.8 Å². The van der Waals surface area contributed by atoms with E-state index in [1.807, 2.05) is 14.1 Å². The molecule has 3 aliphatic heterocycles. The van der Waals surface area contributed by atoms with E-state index >= 15 is 0 Å². The van der Waals surface area contributed by atoms with Crippen molar-refractivity contribution in [1.82, 2.24) is 20.0 Å². The van der Waals surface area contributed by atoms with Gasteiger partial charge < -0.3 is 24.8 Å². The van der Waals surface area contributed by atoms with Crippen LogP contribution < -0.4 is 10.1 Å². The zero-order valence-corrected chi connectivity index (χ0v) is 19.2. The lowest BCUT2D eigenvalue weighted by atomic mass is 10.0. The number of hydrogen-bond acceptors (Lipinski definition) is 7. The third-order valence-corrected chi connectivity index (χ3v) is 6.95. The molecular formula is C22H28FN5O3S. The van der Waals surface area contributed by atoms with Gasteiger partial charge in [-0.15, -0.1) is 0 Å². The Bertz CT molecular complexity index is 937. The van der Waals surface area contributed by atoms with Gasteiger partial charge in [0.25, 0.3) is 5.91 Å². The molecule has 4 rings (SSSR count). The van der Waals surface area contributed by atoms with E-state index in [4.69, 9.17) is 4.74 Å². The zero-order chi connectivity index (χ0) is 22.7. The molecule has 10 heteroatoms. The monoisotopic (exact) mass is 461 g/mol. The molecule has 0 spiro atoms. The number of nitrogens with one attached hydrogen (secondary N) is 1. The van der Waals surface area contributed by atoms with Crippen molar-refractivity contribution in [3.05, 3.63) is 34.5 Å². The SMILES string of the molecule is CN(C)C1CCN(C(=O)Oc2ccc(F)cc2/C=C2\SC(N3CCNCC3)=NC2=O)CC1. The van der Waals surface area contributed by atoms with Crippen LogP contribution in [0.5, 0.6) is 5.75 Å². The van der Waals surface area contributed by atoms with Crippen molar-refractivity contribution in [2.45, 2.75) is 18.9 Å². The van der Waals surface area contributed by atoms with Crippen LogP contribution in [0.25, 0.3) is 6.08 Å². The van der Waals surface area contributed by atoms with Gasteiger partial charge in [0.15, 0.2) is 5.17 Å². The number of piperidine rings is 1. The van der Waals surface area contributed by atoms with Crippen LogP contribution in [0.3, 0.4) is 0 Å². The van der Waals surface area contributed by atoms with Crippen LogP contribution in [-0.4, -0.2) is 91.3 Å². The van der Waals surface area contributed by atoms with Gasteiger partial charge in [0.2, 0.25) is 0 Å². The van der Waals surface area contributed by atoms with Crippen molar-refractivity contribution >= 4 is 35.0 Å². The fraction of sp³-hybridized carbons (Fsp3) is 0.500. The summed E-state index contributed by atoms with van der Waals surface area (Å²) in [5, 5.41) is 3.92. The van der Waals surface area contributed by atoms with Crippen LogP contribution in [0.1, 0.15) is 18.4 Å². The summed E-state index contributed by atoms with van der Waals surface area (Å²) in [6.07, 6.45) is 2.84. The van der Waals surface area contributed by atoms with Gasteiger partial charge in [-0.05, 0) is 63.0 Å². The number of piperazine rings is 1. The summed E-state index contributed by atoms with van der Waals surface area (Å²) in [5.74, 6) is -0.611. The summed E-state index contributed by atoms with van der Waals surface area (Å²) < 4.78 is 19.6. The van der Waals surface area contributed by atoms with Crippen LogP contribution in [0.4, 0.5) is 9.18 Å². The number of rotatable bonds is 3. The number of likely N-dealkylation sites (tertiary alicyclic amines) is 1. The van der Waals surface area contributed by atoms with Crippen LogP contribution in [0.15, 0.2) is 28.1 Å². The highest BCUT2D eigenvalue weighted by Crippen LogP contribution is 2.33. The number of ether oxygens (including phenoxy) is 1. The quantitative estimate of drug-likeness (QED) is 0.692. The van der Waals surface area contributed by atoms with Crippen molar-refractivity contribution in [3.63, 3.8) is 0 Å². The number of halogens is 1. The minimum Gasteiger partial charge on any atom is -0.410 e. The normalized spacial score (nSPS) is 21.4. The molecule has 0 unspecified atom stereocenters. The number of benzene rings is 1. The maximum Gasteiger partial charge on any atom is 0.415 e. The van der Waals surface area contributed by atoms with Gasteiger partial charge in [-0.3, -0.25) is 4.79 Å². The average Bonchev–Trinajstić information content (AvgIpc) is 3.16. The van der Waals surface area contributed by atoms with E-state index in [1.165, 1.54) is 30.0 Å². The van der Waals surface area contributed by atoms with Gasteiger partial charge in [0.05, 0.1) is 4.91 Å². The molecule has 1 aromatic rings. The molecule has 3 heterocycles. The second kappa shape index (κ2) is 10.0. The summed E-state index contributed by atoms with van der Waals surface area (Å²) in [6, 6.07) is 4.38. The van der Waals surface area contributed by atoms with Crippen molar-refractivity contribution in [2.75, 3.05) is 53.4 Å². The zero-order valence-electron chi connectivity index (χ0n) is 18.3. The molecule has 0 atom stereocenters. The molecule has 1 N–H and O–H groups in total. The Morgan fingerprint density at radius 2 is 1.97 bits per heavy atom. The Balaban J connectivity index is 1.46. The highest BCUT2D eigenvalue weighted by Gasteiger charge is 2.28. The van der Waals surface area contributed by atoms with E-state index in [2.05, 4.69) is 20.1 Å². The Kier molecular flexibility index (Phi) is 7.12. The largest absolute Gasteiger partial charge is 0.415 e. The molecule has 2 fully saturated rings. The fourth-order valence-electron chi connectivity index (χ4n) is 3.98. The Morgan fingerprint density at radius 3 is 2.66 bits per heavy atom. The number of amidine groups is 1. The molecule has 2 amide bonds. The average molecular weight is 462 g/mol. The maximum atomic E-state index is 14.0. The molecule has 32 heavy (non-hydrogen) atoms. The first-order valence-corrected chi connectivity index (χ1v) is 11.6. The third-order valence-electron chi connectivity index (χ3n) is 5.91. The number of carbonyl (C=O) groups is 2.